The van der Waals surface area contributed by atoms with E-state index < -0.39 is 0 Å². The van der Waals surface area contributed by atoms with Gasteiger partial charge in [0.2, 0.25) is 5.91 Å². The van der Waals surface area contributed by atoms with Crippen molar-refractivity contribution < 1.29 is 9.53 Å². The molecule has 6 nitrogen and oxygen atoms in total. The van der Waals surface area contributed by atoms with Crippen LogP contribution in [0.5, 0.6) is 5.75 Å². The van der Waals surface area contributed by atoms with Gasteiger partial charge in [0, 0.05) is 17.7 Å². The molecule has 3 rings (SSSR count). The number of carbonyl (C=O) groups is 1. The molecule has 0 atom stereocenters. The van der Waals surface area contributed by atoms with Crippen molar-refractivity contribution in [3.8, 4) is 17.0 Å². The molecular weight excluding hydrogens is 408 g/mol. The number of methoxy groups -OCH3 is 1. The highest BCUT2D eigenvalue weighted by Crippen LogP contribution is 2.29. The number of nitrogens with zero attached hydrogens (tertiary/aromatic N) is 1. The summed E-state index contributed by atoms with van der Waals surface area (Å²) in [6, 6.07) is 15.4. The molecule has 0 bridgehead atoms. The SMILES string of the molecule is COc1ccc(CCC(=O)NNc2cccc(-c3n[nH]c(C)c3Br)c2)cc1. The monoisotopic (exact) mass is 428 g/mol. The van der Waals surface area contributed by atoms with E-state index in [2.05, 4.69) is 37.0 Å². The molecule has 0 radical (unpaired) electrons. The Labute approximate surface area is 166 Å². The van der Waals surface area contributed by atoms with Crippen molar-refractivity contribution in [3.63, 3.8) is 0 Å². The number of carbonyl (C=O) groups excluding carboxylic acids is 1. The highest BCUT2D eigenvalue weighted by molar-refractivity contribution is 9.10. The molecule has 0 aliphatic carbocycles. The number of nitrogens with one attached hydrogen (secondary N) is 3. The Kier molecular flexibility index (Phi) is 6.13. The third-order valence-electron chi connectivity index (χ3n) is 4.15. The first-order valence-corrected chi connectivity index (χ1v) is 9.35. The molecule has 27 heavy (non-hydrogen) atoms. The Morgan fingerprint density at radius 1 is 1.22 bits per heavy atom. The van der Waals surface area contributed by atoms with Gasteiger partial charge < -0.3 is 4.74 Å². The van der Waals surface area contributed by atoms with Crippen LogP contribution in [0.1, 0.15) is 17.7 Å². The molecule has 0 aliphatic rings. The first-order chi connectivity index (χ1) is 13.1. The van der Waals surface area contributed by atoms with Gasteiger partial charge in [0.25, 0.3) is 0 Å². The van der Waals surface area contributed by atoms with Crippen LogP contribution in [0.25, 0.3) is 11.3 Å². The summed E-state index contributed by atoms with van der Waals surface area (Å²) in [6.07, 6.45) is 1.06. The van der Waals surface area contributed by atoms with Crippen LogP contribution < -0.4 is 15.6 Å². The number of aromatic amines is 1. The number of rotatable bonds is 7. The van der Waals surface area contributed by atoms with Crippen LogP contribution in [-0.2, 0) is 11.2 Å². The summed E-state index contributed by atoms with van der Waals surface area (Å²) in [4.78, 5) is 12.1. The summed E-state index contributed by atoms with van der Waals surface area (Å²) < 4.78 is 6.07. The number of amides is 1. The third kappa shape index (κ3) is 4.89. The lowest BCUT2D eigenvalue weighted by atomic mass is 10.1. The second-order valence-corrected chi connectivity index (χ2v) is 6.91. The summed E-state index contributed by atoms with van der Waals surface area (Å²) in [5.74, 6) is 0.733. The number of aromatic nitrogens is 2. The molecule has 0 fully saturated rings. The van der Waals surface area contributed by atoms with Gasteiger partial charge in [0.05, 0.1) is 17.3 Å². The maximum atomic E-state index is 12.1. The molecule has 2 aromatic carbocycles. The summed E-state index contributed by atoms with van der Waals surface area (Å²) in [7, 11) is 1.63. The predicted molar refractivity (Wildman–Crippen MR) is 110 cm³/mol. The molecule has 1 amide bonds. The van der Waals surface area contributed by atoms with E-state index in [1.165, 1.54) is 0 Å². The number of anilines is 1. The van der Waals surface area contributed by atoms with Gasteiger partial charge in [-0.1, -0.05) is 24.3 Å². The van der Waals surface area contributed by atoms with Crippen molar-refractivity contribution in [3.05, 3.63) is 64.3 Å². The number of aryl methyl sites for hydroxylation is 2. The lowest BCUT2D eigenvalue weighted by Crippen LogP contribution is -2.29. The van der Waals surface area contributed by atoms with E-state index in [0.29, 0.717) is 12.8 Å². The van der Waals surface area contributed by atoms with Gasteiger partial charge in [0.1, 0.15) is 11.4 Å². The summed E-state index contributed by atoms with van der Waals surface area (Å²) in [5, 5.41) is 7.25. The molecule has 0 saturated heterocycles. The second-order valence-electron chi connectivity index (χ2n) is 6.11. The Bertz CT molecular complexity index is 922. The van der Waals surface area contributed by atoms with Crippen LogP contribution in [0, 0.1) is 6.92 Å². The van der Waals surface area contributed by atoms with Gasteiger partial charge in [-0.05, 0) is 59.1 Å². The lowest BCUT2D eigenvalue weighted by Gasteiger charge is -2.10. The zero-order valence-corrected chi connectivity index (χ0v) is 16.8. The topological polar surface area (TPSA) is 79.0 Å². The maximum absolute atomic E-state index is 12.1. The highest BCUT2D eigenvalue weighted by Gasteiger charge is 2.10. The number of hydrogen-bond donors (Lipinski definition) is 3. The minimum absolute atomic E-state index is 0.0759. The fourth-order valence-electron chi connectivity index (χ4n) is 2.61. The molecule has 0 saturated carbocycles. The average molecular weight is 429 g/mol. The molecule has 140 valence electrons. The van der Waals surface area contributed by atoms with Crippen LogP contribution in [-0.4, -0.2) is 23.2 Å². The molecule has 1 aromatic heterocycles. The van der Waals surface area contributed by atoms with E-state index in [1.54, 1.807) is 7.11 Å². The molecule has 7 heteroatoms. The van der Waals surface area contributed by atoms with Crippen LogP contribution in [0.3, 0.4) is 0 Å². The smallest absolute Gasteiger partial charge is 0.238 e. The largest absolute Gasteiger partial charge is 0.497 e. The fraction of sp³-hybridized carbons (Fsp3) is 0.200. The van der Waals surface area contributed by atoms with Gasteiger partial charge in [-0.2, -0.15) is 5.10 Å². The van der Waals surface area contributed by atoms with E-state index in [9.17, 15) is 4.79 Å². The van der Waals surface area contributed by atoms with Gasteiger partial charge in [-0.15, -0.1) is 0 Å². The van der Waals surface area contributed by atoms with Crippen molar-refractivity contribution in [2.24, 2.45) is 0 Å². The van der Waals surface area contributed by atoms with Crippen molar-refractivity contribution in [2.75, 3.05) is 12.5 Å². The zero-order chi connectivity index (χ0) is 19.2. The van der Waals surface area contributed by atoms with E-state index in [-0.39, 0.29) is 5.91 Å². The van der Waals surface area contributed by atoms with E-state index in [1.807, 2.05) is 55.5 Å². The van der Waals surface area contributed by atoms with Crippen molar-refractivity contribution in [1.82, 2.24) is 15.6 Å². The number of H-pyrrole nitrogens is 1. The first-order valence-electron chi connectivity index (χ1n) is 8.55. The second kappa shape index (κ2) is 8.73. The Balaban J connectivity index is 1.54. The number of halogens is 1. The summed E-state index contributed by atoms with van der Waals surface area (Å²) >= 11 is 3.53. The average Bonchev–Trinajstić information content (AvgIpc) is 3.04. The van der Waals surface area contributed by atoms with Gasteiger partial charge in [0.15, 0.2) is 0 Å². The summed E-state index contributed by atoms with van der Waals surface area (Å²) in [5.41, 5.74) is 10.3. The highest BCUT2D eigenvalue weighted by atomic mass is 79.9. The van der Waals surface area contributed by atoms with Crippen LogP contribution in [0.4, 0.5) is 5.69 Å². The van der Waals surface area contributed by atoms with E-state index >= 15 is 0 Å². The standard InChI is InChI=1S/C20H21BrN4O2/c1-13-19(21)20(25-22-13)15-4-3-5-16(12-15)23-24-18(26)11-8-14-6-9-17(27-2)10-7-14/h3-7,9-10,12,23H,8,11H2,1-2H3,(H,22,25)(H,24,26). The fourth-order valence-corrected chi connectivity index (χ4v) is 3.01. The Morgan fingerprint density at radius 3 is 2.67 bits per heavy atom. The van der Waals surface area contributed by atoms with E-state index in [4.69, 9.17) is 4.74 Å². The molecule has 3 aromatic rings. The van der Waals surface area contributed by atoms with E-state index in [0.717, 1.165) is 38.4 Å². The van der Waals surface area contributed by atoms with Gasteiger partial charge >= 0.3 is 0 Å². The maximum Gasteiger partial charge on any atom is 0.238 e. The zero-order valence-electron chi connectivity index (χ0n) is 15.2. The molecule has 0 aliphatic heterocycles. The molecule has 0 spiro atoms. The molecule has 1 heterocycles. The Morgan fingerprint density at radius 2 is 2.00 bits per heavy atom. The first kappa shape index (κ1) is 19.0. The Hall–Kier alpha value is -2.80. The molecular formula is C20H21BrN4O2. The van der Waals surface area contributed by atoms with Crippen LogP contribution in [0.2, 0.25) is 0 Å². The van der Waals surface area contributed by atoms with Gasteiger partial charge in [-0.25, -0.2) is 0 Å². The number of ether oxygens (including phenoxy) is 1. The third-order valence-corrected chi connectivity index (χ3v) is 5.12. The molecule has 3 N–H and O–H groups in total. The lowest BCUT2D eigenvalue weighted by molar-refractivity contribution is -0.120. The van der Waals surface area contributed by atoms with Gasteiger partial charge in [-0.3, -0.25) is 20.7 Å². The minimum atomic E-state index is -0.0759. The number of hydrogen-bond acceptors (Lipinski definition) is 4. The normalized spacial score (nSPS) is 10.5. The quantitative estimate of drug-likeness (QED) is 0.491. The molecule has 0 unspecified atom stereocenters. The van der Waals surface area contributed by atoms with Crippen LogP contribution >= 0.6 is 15.9 Å². The van der Waals surface area contributed by atoms with Crippen molar-refractivity contribution in [2.45, 2.75) is 19.8 Å². The van der Waals surface area contributed by atoms with Crippen LogP contribution in [0.15, 0.2) is 53.0 Å². The van der Waals surface area contributed by atoms with Crippen molar-refractivity contribution in [1.29, 1.82) is 0 Å². The summed E-state index contributed by atoms with van der Waals surface area (Å²) in [6.45, 7) is 1.95. The van der Waals surface area contributed by atoms with Crippen molar-refractivity contribution >= 4 is 27.5 Å². The minimum Gasteiger partial charge on any atom is -0.497 e. The number of hydrazine groups is 1. The number of benzene rings is 2. The predicted octanol–water partition coefficient (Wildman–Crippen LogP) is 4.23.